The minimum Gasteiger partial charge on any atom is -0.478 e. The van der Waals surface area contributed by atoms with Crippen molar-refractivity contribution in [1.82, 2.24) is 4.90 Å². The predicted octanol–water partition coefficient (Wildman–Crippen LogP) is 2.82. The van der Waals surface area contributed by atoms with Gasteiger partial charge in [-0.05, 0) is 44.0 Å². The van der Waals surface area contributed by atoms with Crippen LogP contribution in [0, 0.1) is 0 Å². The van der Waals surface area contributed by atoms with E-state index in [9.17, 15) is 9.90 Å². The zero-order chi connectivity index (χ0) is 14.1. The summed E-state index contributed by atoms with van der Waals surface area (Å²) < 4.78 is 0.833. The minimum absolute atomic E-state index is 0.349. The number of hydrogen-bond donors (Lipinski definition) is 1. The Morgan fingerprint density at radius 3 is 2.80 bits per heavy atom. The molecule has 1 N–H and O–H groups in total. The number of hydrogen-bond acceptors (Lipinski definition) is 3. The SMILES string of the molecule is O=C(O)c1cc(Br)cc(N2CCCN3CCCC3C2)c1. The smallest absolute Gasteiger partial charge is 0.335 e. The van der Waals surface area contributed by atoms with E-state index in [1.165, 1.54) is 25.9 Å². The summed E-state index contributed by atoms with van der Waals surface area (Å²) in [4.78, 5) is 16.1. The molecule has 0 spiro atoms. The average Bonchev–Trinajstić information content (AvgIpc) is 2.75. The summed E-state index contributed by atoms with van der Waals surface area (Å²) >= 11 is 3.42. The highest BCUT2D eigenvalue weighted by atomic mass is 79.9. The highest BCUT2D eigenvalue weighted by Crippen LogP contribution is 2.28. The molecule has 0 aromatic heterocycles. The molecule has 1 aromatic rings. The Hall–Kier alpha value is -1.07. The number of aromatic carboxylic acids is 1. The maximum Gasteiger partial charge on any atom is 0.335 e. The van der Waals surface area contributed by atoms with Crippen LogP contribution in [-0.4, -0.2) is 48.2 Å². The van der Waals surface area contributed by atoms with E-state index in [1.807, 2.05) is 6.07 Å². The van der Waals surface area contributed by atoms with Gasteiger partial charge in [-0.25, -0.2) is 4.79 Å². The van der Waals surface area contributed by atoms with Crippen molar-refractivity contribution in [2.75, 3.05) is 31.1 Å². The largest absolute Gasteiger partial charge is 0.478 e. The lowest BCUT2D eigenvalue weighted by Crippen LogP contribution is -2.36. The monoisotopic (exact) mass is 338 g/mol. The summed E-state index contributed by atoms with van der Waals surface area (Å²) in [5, 5.41) is 9.19. The Kier molecular flexibility index (Phi) is 3.98. The summed E-state index contributed by atoms with van der Waals surface area (Å²) in [6.07, 6.45) is 3.69. The number of fused-ring (bicyclic) bond motifs is 1. The summed E-state index contributed by atoms with van der Waals surface area (Å²) in [7, 11) is 0. The second kappa shape index (κ2) is 5.74. The first kappa shape index (κ1) is 13.9. The quantitative estimate of drug-likeness (QED) is 0.900. The van der Waals surface area contributed by atoms with Crippen LogP contribution in [0.15, 0.2) is 22.7 Å². The molecule has 0 aliphatic carbocycles. The molecule has 5 heteroatoms. The fourth-order valence-corrected chi connectivity index (χ4v) is 3.80. The number of carboxylic acid groups (broad SMARTS) is 1. The summed E-state index contributed by atoms with van der Waals surface area (Å²) in [5.74, 6) is -0.870. The van der Waals surface area contributed by atoms with Gasteiger partial charge in [-0.3, -0.25) is 4.90 Å². The molecule has 0 bridgehead atoms. The fourth-order valence-electron chi connectivity index (χ4n) is 3.32. The molecule has 4 nitrogen and oxygen atoms in total. The zero-order valence-electron chi connectivity index (χ0n) is 11.4. The number of carboxylic acids is 1. The number of benzene rings is 1. The van der Waals surface area contributed by atoms with E-state index in [2.05, 4.69) is 25.7 Å². The lowest BCUT2D eigenvalue weighted by atomic mass is 10.1. The van der Waals surface area contributed by atoms with Crippen molar-refractivity contribution in [3.63, 3.8) is 0 Å². The Balaban J connectivity index is 1.86. The van der Waals surface area contributed by atoms with Crippen LogP contribution >= 0.6 is 15.9 Å². The Labute approximate surface area is 127 Å². The van der Waals surface area contributed by atoms with Crippen molar-refractivity contribution in [3.05, 3.63) is 28.2 Å². The number of anilines is 1. The molecular formula is C15H19BrN2O2. The van der Waals surface area contributed by atoms with Crippen LogP contribution < -0.4 is 4.90 Å². The molecular weight excluding hydrogens is 320 g/mol. The maximum atomic E-state index is 11.2. The average molecular weight is 339 g/mol. The van der Waals surface area contributed by atoms with Crippen LogP contribution in [0.1, 0.15) is 29.6 Å². The zero-order valence-corrected chi connectivity index (χ0v) is 13.0. The van der Waals surface area contributed by atoms with Gasteiger partial charge in [0.05, 0.1) is 5.56 Å². The molecule has 2 heterocycles. The lowest BCUT2D eigenvalue weighted by Gasteiger charge is -2.27. The molecule has 0 radical (unpaired) electrons. The van der Waals surface area contributed by atoms with Gasteiger partial charge in [0.25, 0.3) is 0 Å². The van der Waals surface area contributed by atoms with Crippen molar-refractivity contribution in [2.45, 2.75) is 25.3 Å². The van der Waals surface area contributed by atoms with Crippen LogP contribution in [0.3, 0.4) is 0 Å². The molecule has 2 fully saturated rings. The van der Waals surface area contributed by atoms with E-state index in [4.69, 9.17) is 0 Å². The third kappa shape index (κ3) is 2.83. The van der Waals surface area contributed by atoms with Crippen molar-refractivity contribution < 1.29 is 9.90 Å². The predicted molar refractivity (Wildman–Crippen MR) is 82.5 cm³/mol. The molecule has 20 heavy (non-hydrogen) atoms. The van der Waals surface area contributed by atoms with Gasteiger partial charge >= 0.3 is 5.97 Å². The number of carbonyl (C=O) groups is 1. The molecule has 0 saturated carbocycles. The van der Waals surface area contributed by atoms with Gasteiger partial charge in [0.15, 0.2) is 0 Å². The van der Waals surface area contributed by atoms with Gasteiger partial charge in [0, 0.05) is 35.8 Å². The molecule has 1 aromatic carbocycles. The Morgan fingerprint density at radius 2 is 2.00 bits per heavy atom. The van der Waals surface area contributed by atoms with Gasteiger partial charge in [0.1, 0.15) is 0 Å². The van der Waals surface area contributed by atoms with Crippen LogP contribution in [0.25, 0.3) is 0 Å². The molecule has 108 valence electrons. The molecule has 1 unspecified atom stereocenters. The van der Waals surface area contributed by atoms with Gasteiger partial charge in [-0.15, -0.1) is 0 Å². The first-order valence-electron chi connectivity index (χ1n) is 7.16. The molecule has 3 rings (SSSR count). The normalized spacial score (nSPS) is 23.4. The van der Waals surface area contributed by atoms with Gasteiger partial charge in [-0.2, -0.15) is 0 Å². The molecule has 2 aliphatic heterocycles. The van der Waals surface area contributed by atoms with Crippen LogP contribution in [0.2, 0.25) is 0 Å². The summed E-state index contributed by atoms with van der Waals surface area (Å²) in [6.45, 7) is 4.40. The molecule has 0 amide bonds. The van der Waals surface area contributed by atoms with Gasteiger partial charge in [0.2, 0.25) is 0 Å². The number of rotatable bonds is 2. The van der Waals surface area contributed by atoms with E-state index in [1.54, 1.807) is 12.1 Å². The second-order valence-corrected chi connectivity index (χ2v) is 6.55. The van der Waals surface area contributed by atoms with Crippen molar-refractivity contribution in [3.8, 4) is 0 Å². The first-order chi connectivity index (χ1) is 9.63. The van der Waals surface area contributed by atoms with E-state index < -0.39 is 5.97 Å². The van der Waals surface area contributed by atoms with Crippen molar-refractivity contribution in [1.29, 1.82) is 0 Å². The lowest BCUT2D eigenvalue weighted by molar-refractivity contribution is 0.0697. The standard InChI is InChI=1S/C15H19BrN2O2/c16-12-7-11(15(19)20)8-14(9-12)18-6-2-5-17-4-1-3-13(17)10-18/h7-9,13H,1-6,10H2,(H,19,20). The van der Waals surface area contributed by atoms with E-state index in [0.717, 1.165) is 29.7 Å². The second-order valence-electron chi connectivity index (χ2n) is 5.63. The molecule has 2 aliphatic rings. The third-order valence-corrected chi connectivity index (χ3v) is 4.76. The van der Waals surface area contributed by atoms with Crippen molar-refractivity contribution in [2.24, 2.45) is 0 Å². The Bertz CT molecular complexity index is 521. The topological polar surface area (TPSA) is 43.8 Å². The number of halogens is 1. The van der Waals surface area contributed by atoms with Crippen LogP contribution in [-0.2, 0) is 0 Å². The highest BCUT2D eigenvalue weighted by molar-refractivity contribution is 9.10. The third-order valence-electron chi connectivity index (χ3n) is 4.30. The fraction of sp³-hybridized carbons (Fsp3) is 0.533. The Morgan fingerprint density at radius 1 is 1.20 bits per heavy atom. The van der Waals surface area contributed by atoms with Crippen molar-refractivity contribution >= 4 is 27.6 Å². The highest BCUT2D eigenvalue weighted by Gasteiger charge is 2.29. The summed E-state index contributed by atoms with van der Waals surface area (Å²) in [5.41, 5.74) is 1.37. The van der Waals surface area contributed by atoms with Crippen LogP contribution in [0.4, 0.5) is 5.69 Å². The van der Waals surface area contributed by atoms with E-state index in [0.29, 0.717) is 11.6 Å². The van der Waals surface area contributed by atoms with E-state index >= 15 is 0 Å². The maximum absolute atomic E-state index is 11.2. The van der Waals surface area contributed by atoms with Gasteiger partial charge < -0.3 is 10.0 Å². The van der Waals surface area contributed by atoms with Gasteiger partial charge in [-0.1, -0.05) is 15.9 Å². The van der Waals surface area contributed by atoms with Crippen LogP contribution in [0.5, 0.6) is 0 Å². The molecule has 1 atom stereocenters. The minimum atomic E-state index is -0.870. The van der Waals surface area contributed by atoms with E-state index in [-0.39, 0.29) is 0 Å². The molecule has 2 saturated heterocycles. The number of nitrogens with zero attached hydrogens (tertiary/aromatic N) is 2. The summed E-state index contributed by atoms with van der Waals surface area (Å²) in [6, 6.07) is 6.10. The first-order valence-corrected chi connectivity index (χ1v) is 7.95.